The Morgan fingerprint density at radius 1 is 1.27 bits per heavy atom. The second-order valence-corrected chi connectivity index (χ2v) is 4.30. The highest BCUT2D eigenvalue weighted by atomic mass is 127. The van der Waals surface area contributed by atoms with Crippen molar-refractivity contribution in [2.45, 2.75) is 39.8 Å². The number of nitrogens with zero attached hydrogens (tertiary/aromatic N) is 1. The van der Waals surface area contributed by atoms with E-state index in [2.05, 4.69) is 27.7 Å². The van der Waals surface area contributed by atoms with Gasteiger partial charge in [0.25, 0.3) is 0 Å². The van der Waals surface area contributed by atoms with Gasteiger partial charge in [0.15, 0.2) is 0 Å². The van der Waals surface area contributed by atoms with Gasteiger partial charge in [-0.25, -0.2) is 0 Å². The van der Waals surface area contributed by atoms with Crippen molar-refractivity contribution in [1.29, 1.82) is 3.56 Å². The number of hydroxylamine groups is 2. The van der Waals surface area contributed by atoms with E-state index in [1.165, 1.54) is 0 Å². The predicted molar refractivity (Wildman–Crippen MR) is 54.8 cm³/mol. The van der Waals surface area contributed by atoms with Gasteiger partial charge in [0.1, 0.15) is 4.61 Å². The van der Waals surface area contributed by atoms with Gasteiger partial charge in [-0.15, -0.1) is 0 Å². The molecule has 0 bridgehead atoms. The standard InChI is InChI=1S/C7H17IN2O/c1-6(2)10(7(3)4)11-5-8-9/h6-7,9H,5H2,1-4H3. The molecule has 0 fully saturated rings. The Hall–Kier alpha value is 0.450. The Labute approximate surface area is 79.0 Å². The molecule has 0 spiro atoms. The Bertz CT molecular complexity index is 109. The average Bonchev–Trinajstić information content (AvgIpc) is 1.87. The van der Waals surface area contributed by atoms with Crippen LogP contribution in [-0.4, -0.2) is 21.8 Å². The highest BCUT2D eigenvalue weighted by molar-refractivity contribution is 14.1. The molecule has 0 aromatic carbocycles. The van der Waals surface area contributed by atoms with Gasteiger partial charge in [0.05, 0.1) is 0 Å². The molecule has 0 aliphatic rings. The van der Waals surface area contributed by atoms with Gasteiger partial charge in [-0.3, -0.25) is 8.40 Å². The molecule has 68 valence electrons. The molecule has 3 nitrogen and oxygen atoms in total. The zero-order valence-electron chi connectivity index (χ0n) is 7.60. The Morgan fingerprint density at radius 2 is 1.73 bits per heavy atom. The van der Waals surface area contributed by atoms with E-state index in [9.17, 15) is 0 Å². The second kappa shape index (κ2) is 6.02. The van der Waals surface area contributed by atoms with Gasteiger partial charge in [-0.05, 0) is 27.7 Å². The quantitative estimate of drug-likeness (QED) is 0.474. The van der Waals surface area contributed by atoms with Crippen LogP contribution in [0.25, 0.3) is 0 Å². The van der Waals surface area contributed by atoms with E-state index in [0.717, 1.165) is 0 Å². The van der Waals surface area contributed by atoms with Crippen molar-refractivity contribution >= 4 is 21.0 Å². The predicted octanol–water partition coefficient (Wildman–Crippen LogP) is 2.73. The first-order chi connectivity index (χ1) is 5.09. The fourth-order valence-electron chi connectivity index (χ4n) is 0.975. The molecular formula is C7H17IN2O. The van der Waals surface area contributed by atoms with Crippen LogP contribution in [0, 0.1) is 3.56 Å². The number of alkyl halides is 1. The lowest BCUT2D eigenvalue weighted by atomic mass is 10.3. The Balaban J connectivity index is 3.79. The third kappa shape index (κ3) is 4.81. The summed E-state index contributed by atoms with van der Waals surface area (Å²) in [6.07, 6.45) is 0. The van der Waals surface area contributed by atoms with E-state index in [-0.39, 0.29) is 0 Å². The molecule has 0 saturated heterocycles. The second-order valence-electron chi connectivity index (χ2n) is 2.92. The summed E-state index contributed by atoms with van der Waals surface area (Å²) in [5.41, 5.74) is 0. The van der Waals surface area contributed by atoms with Crippen molar-refractivity contribution in [2.24, 2.45) is 0 Å². The van der Waals surface area contributed by atoms with Crippen molar-refractivity contribution in [3.63, 3.8) is 0 Å². The summed E-state index contributed by atoms with van der Waals surface area (Å²) < 4.78 is 7.64. The number of rotatable bonds is 5. The van der Waals surface area contributed by atoms with Crippen LogP contribution >= 0.6 is 21.0 Å². The van der Waals surface area contributed by atoms with E-state index >= 15 is 0 Å². The number of halogens is 1. The first kappa shape index (κ1) is 11.4. The molecule has 0 saturated carbocycles. The molecule has 0 heterocycles. The minimum absolute atomic E-state index is 0.408. The molecule has 0 radical (unpaired) electrons. The number of hydrogen-bond donors (Lipinski definition) is 1. The van der Waals surface area contributed by atoms with E-state index in [1.54, 1.807) is 0 Å². The summed E-state index contributed by atoms with van der Waals surface area (Å²) in [7, 11) is 0. The summed E-state index contributed by atoms with van der Waals surface area (Å²) in [5.74, 6) is 0. The van der Waals surface area contributed by atoms with Gasteiger partial charge >= 0.3 is 0 Å². The third-order valence-electron chi connectivity index (χ3n) is 1.27. The van der Waals surface area contributed by atoms with Crippen LogP contribution < -0.4 is 0 Å². The first-order valence-corrected chi connectivity index (χ1v) is 6.36. The van der Waals surface area contributed by atoms with Crippen molar-refractivity contribution < 1.29 is 4.84 Å². The Morgan fingerprint density at radius 3 is 2.00 bits per heavy atom. The van der Waals surface area contributed by atoms with Gasteiger partial charge in [-0.1, -0.05) is 0 Å². The van der Waals surface area contributed by atoms with Crippen molar-refractivity contribution in [2.75, 3.05) is 4.61 Å². The average molecular weight is 272 g/mol. The number of hydrogen-bond acceptors (Lipinski definition) is 3. The summed E-state index contributed by atoms with van der Waals surface area (Å²) in [6, 6.07) is 0.816. The fourth-order valence-corrected chi connectivity index (χ4v) is 1.44. The molecular weight excluding hydrogens is 255 g/mol. The third-order valence-corrected chi connectivity index (χ3v) is 1.86. The van der Waals surface area contributed by atoms with Gasteiger partial charge in [-0.2, -0.15) is 5.06 Å². The SMILES string of the molecule is CC(C)N(OCI=N)C(C)C. The van der Waals surface area contributed by atoms with Crippen LogP contribution in [0.5, 0.6) is 0 Å². The molecule has 0 unspecified atom stereocenters. The lowest BCUT2D eigenvalue weighted by molar-refractivity contribution is -0.178. The van der Waals surface area contributed by atoms with Crippen LogP contribution in [-0.2, 0) is 4.84 Å². The van der Waals surface area contributed by atoms with Gasteiger partial charge in [0, 0.05) is 33.1 Å². The molecule has 0 aromatic heterocycles. The summed E-state index contributed by atoms with van der Waals surface area (Å²) in [5, 5.41) is 1.95. The molecule has 0 rings (SSSR count). The molecule has 0 aliphatic heterocycles. The Kier molecular flexibility index (Phi) is 6.27. The first-order valence-electron chi connectivity index (χ1n) is 3.75. The van der Waals surface area contributed by atoms with Crippen molar-refractivity contribution in [3.05, 3.63) is 0 Å². The lowest BCUT2D eigenvalue weighted by Gasteiger charge is -2.28. The fraction of sp³-hybridized carbons (Fsp3) is 1.00. The monoisotopic (exact) mass is 272 g/mol. The van der Waals surface area contributed by atoms with E-state index in [4.69, 9.17) is 8.40 Å². The van der Waals surface area contributed by atoms with E-state index < -0.39 is 21.0 Å². The minimum atomic E-state index is -0.491. The highest BCUT2D eigenvalue weighted by Crippen LogP contribution is 2.08. The molecule has 0 amide bonds. The summed E-state index contributed by atoms with van der Waals surface area (Å²) in [4.78, 5) is 5.41. The summed E-state index contributed by atoms with van der Waals surface area (Å²) >= 11 is -0.491. The van der Waals surface area contributed by atoms with Crippen LogP contribution in [0.2, 0.25) is 0 Å². The maximum absolute atomic E-state index is 7.04. The van der Waals surface area contributed by atoms with Crippen LogP contribution in [0.15, 0.2) is 0 Å². The smallest absolute Gasteiger partial charge is 0.131 e. The maximum atomic E-state index is 7.04. The van der Waals surface area contributed by atoms with Crippen molar-refractivity contribution in [1.82, 2.24) is 5.06 Å². The van der Waals surface area contributed by atoms with Crippen LogP contribution in [0.1, 0.15) is 27.7 Å². The van der Waals surface area contributed by atoms with Crippen LogP contribution in [0.3, 0.4) is 0 Å². The molecule has 0 aliphatic carbocycles. The van der Waals surface area contributed by atoms with Gasteiger partial charge in [0.2, 0.25) is 0 Å². The van der Waals surface area contributed by atoms with Crippen LogP contribution in [0.4, 0.5) is 0 Å². The molecule has 0 aromatic rings. The van der Waals surface area contributed by atoms with E-state index in [1.807, 2.05) is 5.06 Å². The zero-order valence-corrected chi connectivity index (χ0v) is 9.75. The minimum Gasteiger partial charge on any atom is -0.287 e. The molecule has 0 atom stereocenters. The lowest BCUT2D eigenvalue weighted by Crippen LogP contribution is -2.36. The number of nitrogens with one attached hydrogen (secondary N) is 1. The maximum Gasteiger partial charge on any atom is 0.131 e. The zero-order chi connectivity index (χ0) is 8.85. The molecule has 4 heteroatoms. The topological polar surface area (TPSA) is 36.3 Å². The van der Waals surface area contributed by atoms with Gasteiger partial charge < -0.3 is 0 Å². The van der Waals surface area contributed by atoms with E-state index in [0.29, 0.717) is 16.7 Å². The summed E-state index contributed by atoms with van der Waals surface area (Å²) in [6.45, 7) is 8.40. The molecule has 1 N–H and O–H groups in total. The highest BCUT2D eigenvalue weighted by Gasteiger charge is 2.12. The molecule has 11 heavy (non-hydrogen) atoms. The largest absolute Gasteiger partial charge is 0.287 e. The van der Waals surface area contributed by atoms with Crippen molar-refractivity contribution in [3.8, 4) is 0 Å². The normalized spacial score (nSPS) is 11.9.